The summed E-state index contributed by atoms with van der Waals surface area (Å²) in [6.07, 6.45) is 34.6. The fourth-order valence-corrected chi connectivity index (χ4v) is 24.7. The number of carbonyl (C=O) groups is 5. The number of anilines is 5. The molecule has 0 saturated heterocycles. The lowest BCUT2D eigenvalue weighted by molar-refractivity contribution is 0.255. The second-order valence-electron chi connectivity index (χ2n) is 37.7. The van der Waals surface area contributed by atoms with E-state index in [1.807, 2.05) is 99.5 Å². The molecule has 0 aliphatic heterocycles. The zero-order valence-electron chi connectivity index (χ0n) is 82.7. The molecule has 10 N–H and O–H groups in total. The Labute approximate surface area is 853 Å². The molecule has 5 aromatic carbocycles. The van der Waals surface area contributed by atoms with Crippen LogP contribution in [0.2, 0.25) is 0 Å². The number of nitrogens with zero attached hydrogens (tertiary/aromatic N) is 10. The highest BCUT2D eigenvalue weighted by Crippen LogP contribution is 2.45. The molecule has 10 amide bonds. The van der Waals surface area contributed by atoms with Crippen LogP contribution in [0.15, 0.2) is 184 Å². The highest BCUT2D eigenvalue weighted by Gasteiger charge is 2.35. The summed E-state index contributed by atoms with van der Waals surface area (Å²) in [5.74, 6) is -0.536. The van der Waals surface area contributed by atoms with Crippen molar-refractivity contribution < 1.29 is 79.9 Å². The number of sulfonamides is 5. The molecule has 0 unspecified atom stereocenters. The van der Waals surface area contributed by atoms with E-state index in [1.54, 1.807) is 18.5 Å². The molecule has 0 spiro atoms. The van der Waals surface area contributed by atoms with E-state index in [0.717, 1.165) is 251 Å². The molecule has 12 aromatic rings. The third-order valence-electron chi connectivity index (χ3n) is 26.7. The third-order valence-corrected chi connectivity index (χ3v) is 33.2. The minimum absolute atomic E-state index is 0.00891. The lowest BCUT2D eigenvalue weighted by Crippen LogP contribution is -2.35. The minimum Gasteiger partial charge on any atom is -0.492 e. The number of fused-ring (bicyclic) bond motifs is 8. The summed E-state index contributed by atoms with van der Waals surface area (Å²) < 4.78 is 161. The molecular formula is C104H115FN20O17S5. The van der Waals surface area contributed by atoms with Crippen LogP contribution in [-0.2, 0) is 159 Å². The van der Waals surface area contributed by atoms with Crippen molar-refractivity contribution >= 4 is 109 Å². The van der Waals surface area contributed by atoms with Gasteiger partial charge in [-0.2, -0.15) is 16.8 Å². The normalized spacial score (nSPS) is 14.3. The van der Waals surface area contributed by atoms with Gasteiger partial charge in [-0.3, -0.25) is 19.9 Å². The van der Waals surface area contributed by atoms with Crippen LogP contribution in [-0.4, -0.2) is 150 Å². The van der Waals surface area contributed by atoms with E-state index in [4.69, 9.17) is 9.47 Å². The van der Waals surface area contributed by atoms with Crippen molar-refractivity contribution in [3.63, 3.8) is 0 Å². The zero-order chi connectivity index (χ0) is 104. The predicted molar refractivity (Wildman–Crippen MR) is 552 cm³/mol. The van der Waals surface area contributed by atoms with Gasteiger partial charge in [0.15, 0.2) is 11.6 Å². The van der Waals surface area contributed by atoms with Gasteiger partial charge >= 0.3 is 30.2 Å². The Bertz CT molecular complexity index is 7680. The van der Waals surface area contributed by atoms with Gasteiger partial charge < -0.3 is 41.0 Å². The molecular weight excluding hydrogens is 1980 g/mol. The molecule has 7 aromatic heterocycles. The number of aryl methyl sites for hydroxylation is 9. The second kappa shape index (κ2) is 45.3. The van der Waals surface area contributed by atoms with Crippen LogP contribution in [0, 0.1) is 12.7 Å². The van der Waals surface area contributed by atoms with Crippen LogP contribution in [0.4, 0.5) is 56.8 Å². The van der Waals surface area contributed by atoms with Gasteiger partial charge in [0.2, 0.25) is 15.9 Å². The largest absolute Gasteiger partial charge is 0.492 e. The molecule has 770 valence electrons. The predicted octanol–water partition coefficient (Wildman–Crippen LogP) is 15.6. The van der Waals surface area contributed by atoms with E-state index in [-0.39, 0.29) is 37.3 Å². The van der Waals surface area contributed by atoms with E-state index >= 15 is 0 Å². The molecule has 0 bridgehead atoms. The van der Waals surface area contributed by atoms with E-state index in [9.17, 15) is 70.5 Å². The van der Waals surface area contributed by atoms with Crippen molar-refractivity contribution in [3.05, 3.63) is 277 Å². The monoisotopic (exact) mass is 2090 g/mol. The van der Waals surface area contributed by atoms with Gasteiger partial charge in [-0.25, -0.2) is 102 Å². The quantitative estimate of drug-likeness (QED) is 0.0266. The molecule has 8 aliphatic rings. The molecule has 7 heterocycles. The lowest BCUT2D eigenvalue weighted by Gasteiger charge is -2.17. The first-order chi connectivity index (χ1) is 70.3. The maximum atomic E-state index is 13.6. The minimum atomic E-state index is -4.43. The number of nitrogens with one attached hydrogen (secondary N) is 10. The number of pyridine rings is 5. The molecule has 37 nitrogen and oxygen atoms in total. The van der Waals surface area contributed by atoms with Crippen molar-refractivity contribution in [1.82, 2.24) is 73.4 Å². The second-order valence-corrected chi connectivity index (χ2v) is 45.9. The fourth-order valence-electron chi connectivity index (χ4n) is 20.0. The van der Waals surface area contributed by atoms with Gasteiger partial charge in [0.25, 0.3) is 50.1 Å². The van der Waals surface area contributed by atoms with Crippen molar-refractivity contribution in [2.45, 2.75) is 232 Å². The number of urea groups is 5. The maximum Gasteiger partial charge on any atom is 0.333 e. The van der Waals surface area contributed by atoms with Gasteiger partial charge in [0.05, 0.1) is 58.4 Å². The first-order valence-corrected chi connectivity index (χ1v) is 55.9. The number of rotatable bonds is 23. The Hall–Kier alpha value is -14.4. The van der Waals surface area contributed by atoms with Crippen LogP contribution in [0.3, 0.4) is 0 Å². The summed E-state index contributed by atoms with van der Waals surface area (Å²) in [4.78, 5) is 100. The topological polar surface area (TPSA) is 514 Å². The van der Waals surface area contributed by atoms with Gasteiger partial charge in [0.1, 0.15) is 12.7 Å². The maximum absolute atomic E-state index is 13.6. The molecule has 20 rings (SSSR count). The molecule has 43 heteroatoms. The Kier molecular flexibility index (Phi) is 32.5. The standard InChI is InChI=1S/C24H27N5O4S.C24H26N4O3S.C21H25N3O3S.C18H20N4O4S.C17H17FN4O3S/c1-29(2)15-18-14-19(10-12-25-18)34(31,32)28-24(30)27-23-20-6-4-5-16(20)7-8-21(23)17-9-11-26-22(13-17)33-3;1-15(2)22-14-19(10-12-26-22)32(30,31)28-24(29)27-23-20-6-4-5-17(20)7-8-21(23)18-9-11-25-16(3)13-18;1-13(2)19-12-16(9-10-22-19)28(26,27)24-21(25)23-20-17-7-3-5-14(17)11-15-6-4-8-18(15)20;1-26-15-9-19-10-20-17(15)27(24,25)22-18(23)21-16-13-6-2-4-11(13)8-12-5-3-7-14(12)16;18-14-8-19-9-20-16(14)26(24,25)22-17(23)21-15-12-5-1-3-10(12)7-11-4-2-6-13(11)15/h7-14H,4-6,15H2,1-3H3,(H2,27,28,30);7-15H,4-6H2,1-3H3,(H2,27,28,29);9-13H,3-8H2,1-2H3,(H2,23,24,25);8-10H,2-7H2,1H3,(H2,21,22,23);7-9H,1-6H2,(H2,21,22,23). The van der Waals surface area contributed by atoms with Crippen LogP contribution in [0.25, 0.3) is 22.3 Å². The average molecular weight is 2100 g/mol. The summed E-state index contributed by atoms with van der Waals surface area (Å²) in [6, 6.07) is 26.8. The average Bonchev–Trinajstić information content (AvgIpc) is 1.63. The smallest absolute Gasteiger partial charge is 0.333 e. The van der Waals surface area contributed by atoms with Crippen molar-refractivity contribution in [2.24, 2.45) is 0 Å². The fraction of sp³-hybridized carbons (Fsp3) is 0.346. The summed E-state index contributed by atoms with van der Waals surface area (Å²) in [7, 11) is -14.1. The Morgan fingerprint density at radius 1 is 0.347 bits per heavy atom. The molecule has 147 heavy (non-hydrogen) atoms. The number of ether oxygens (including phenoxy) is 2. The number of benzene rings is 5. The highest BCUT2D eigenvalue weighted by atomic mass is 32.2. The first kappa shape index (κ1) is 105. The molecule has 0 atom stereocenters. The summed E-state index contributed by atoms with van der Waals surface area (Å²) in [6.45, 7) is 10.1. The Balaban J connectivity index is 0.000000132. The molecule has 0 fully saturated rings. The molecule has 0 saturated carbocycles. The van der Waals surface area contributed by atoms with Gasteiger partial charge in [0, 0.05) is 88.9 Å². The third kappa shape index (κ3) is 24.8. The summed E-state index contributed by atoms with van der Waals surface area (Å²) in [5.41, 5.74) is 28.3. The van der Waals surface area contributed by atoms with E-state index in [0.29, 0.717) is 46.6 Å². The van der Waals surface area contributed by atoms with E-state index < -0.39 is 91.1 Å². The number of hydrogen-bond donors (Lipinski definition) is 10. The Morgan fingerprint density at radius 2 is 0.673 bits per heavy atom. The SMILES string of the molecule is CC(C)c1cc(S(=O)(=O)NC(=O)Nc2c3c(cc4c2CCC4)CCC3)ccn1.COc1cc(-c2ccc3c(c2NC(=O)NS(=O)(=O)c2ccnc(CN(C)C)c2)CCC3)ccn1.COc1cncnc1S(=O)(=O)NC(=O)Nc1c2c(cc3c1CCC3)CCC2.Cc1cc(-c2ccc3c(c2NC(=O)NS(=O)(=O)c2ccnc(C(C)C)c2)CCC3)ccn1.O=C(Nc1c2c(cc3c1CCC3)CCC2)NS(=O)(=O)c1ncncc1F. The van der Waals surface area contributed by atoms with Crippen LogP contribution < -0.4 is 59.7 Å². The zero-order valence-corrected chi connectivity index (χ0v) is 86.8. The lowest BCUT2D eigenvalue weighted by atomic mass is 9.97. The van der Waals surface area contributed by atoms with Crippen molar-refractivity contribution in [2.75, 3.05) is 54.9 Å². The summed E-state index contributed by atoms with van der Waals surface area (Å²) in [5, 5.41) is 12.7. The van der Waals surface area contributed by atoms with Crippen LogP contribution in [0.5, 0.6) is 11.6 Å². The molecule has 0 radical (unpaired) electrons. The van der Waals surface area contributed by atoms with Gasteiger partial charge in [-0.15, -0.1) is 0 Å². The van der Waals surface area contributed by atoms with Crippen molar-refractivity contribution in [3.8, 4) is 33.9 Å². The molecule has 8 aliphatic carbocycles. The Morgan fingerprint density at radius 3 is 1.04 bits per heavy atom. The number of halogens is 1. The van der Waals surface area contributed by atoms with Gasteiger partial charge in [-0.05, 0) is 342 Å². The van der Waals surface area contributed by atoms with E-state index in [1.165, 1.54) is 125 Å². The first-order valence-electron chi connectivity index (χ1n) is 48.5. The van der Waals surface area contributed by atoms with Crippen LogP contribution in [0.1, 0.15) is 203 Å². The number of amides is 10. The van der Waals surface area contributed by atoms with Crippen molar-refractivity contribution in [1.29, 1.82) is 0 Å². The number of carbonyl (C=O) groups excluding carboxylic acids is 5. The van der Waals surface area contributed by atoms with E-state index in [2.05, 4.69) is 110 Å². The van der Waals surface area contributed by atoms with Gasteiger partial charge in [-0.1, -0.05) is 70.2 Å². The number of methoxy groups -OCH3 is 2. The van der Waals surface area contributed by atoms with Crippen LogP contribution >= 0.6 is 0 Å². The highest BCUT2D eigenvalue weighted by molar-refractivity contribution is 7.91. The number of hydrogen-bond acceptors (Lipinski definition) is 27. The number of aromatic nitrogens is 9. The summed E-state index contributed by atoms with van der Waals surface area (Å²) >= 11 is 0.